The SMILES string of the molecule is Cc1c(C(=O)NCC(CC(C)O)c2ccccc2)cnn1C. The van der Waals surface area contributed by atoms with Crippen LogP contribution >= 0.6 is 0 Å². The average molecular weight is 301 g/mol. The van der Waals surface area contributed by atoms with Crippen molar-refractivity contribution in [2.24, 2.45) is 7.05 Å². The van der Waals surface area contributed by atoms with Crippen molar-refractivity contribution < 1.29 is 9.90 Å². The second kappa shape index (κ2) is 7.22. The highest BCUT2D eigenvalue weighted by Crippen LogP contribution is 2.20. The Labute approximate surface area is 131 Å². The smallest absolute Gasteiger partial charge is 0.254 e. The van der Waals surface area contributed by atoms with Gasteiger partial charge in [-0.15, -0.1) is 0 Å². The van der Waals surface area contributed by atoms with Crippen LogP contribution in [0, 0.1) is 6.92 Å². The van der Waals surface area contributed by atoms with E-state index in [9.17, 15) is 9.90 Å². The van der Waals surface area contributed by atoms with Gasteiger partial charge in [0.2, 0.25) is 0 Å². The van der Waals surface area contributed by atoms with Gasteiger partial charge in [-0.3, -0.25) is 9.48 Å². The Kier molecular flexibility index (Phi) is 5.33. The van der Waals surface area contributed by atoms with Crippen LogP contribution in [0.4, 0.5) is 0 Å². The first kappa shape index (κ1) is 16.2. The molecular weight excluding hydrogens is 278 g/mol. The van der Waals surface area contributed by atoms with Gasteiger partial charge in [0.25, 0.3) is 5.91 Å². The van der Waals surface area contributed by atoms with Crippen LogP contribution in [0.2, 0.25) is 0 Å². The lowest BCUT2D eigenvalue weighted by Gasteiger charge is -2.19. The number of amides is 1. The number of hydrogen-bond acceptors (Lipinski definition) is 3. The van der Waals surface area contributed by atoms with Crippen LogP contribution in [0.15, 0.2) is 36.5 Å². The summed E-state index contributed by atoms with van der Waals surface area (Å²) in [7, 11) is 1.81. The molecule has 5 heteroatoms. The number of hydrogen-bond donors (Lipinski definition) is 2. The first-order valence-corrected chi connectivity index (χ1v) is 7.49. The molecule has 118 valence electrons. The minimum absolute atomic E-state index is 0.0853. The molecule has 0 radical (unpaired) electrons. The maximum atomic E-state index is 12.3. The molecule has 1 amide bonds. The fourth-order valence-corrected chi connectivity index (χ4v) is 2.51. The number of aromatic nitrogens is 2. The van der Waals surface area contributed by atoms with Crippen molar-refractivity contribution in [2.75, 3.05) is 6.54 Å². The molecule has 5 nitrogen and oxygen atoms in total. The summed E-state index contributed by atoms with van der Waals surface area (Å²) in [4.78, 5) is 12.3. The van der Waals surface area contributed by atoms with E-state index in [1.807, 2.05) is 44.3 Å². The summed E-state index contributed by atoms with van der Waals surface area (Å²) >= 11 is 0. The molecular formula is C17H23N3O2. The van der Waals surface area contributed by atoms with Crippen molar-refractivity contribution in [3.05, 3.63) is 53.3 Å². The number of carbonyl (C=O) groups is 1. The second-order valence-electron chi connectivity index (χ2n) is 5.67. The lowest BCUT2D eigenvalue weighted by atomic mass is 9.93. The van der Waals surface area contributed by atoms with Crippen molar-refractivity contribution >= 4 is 5.91 Å². The standard InChI is InChI=1S/C17H23N3O2/c1-12(21)9-15(14-7-5-4-6-8-14)10-18-17(22)16-11-19-20(3)13(16)2/h4-8,11-12,15,21H,9-10H2,1-3H3,(H,18,22). The van der Waals surface area contributed by atoms with E-state index in [1.165, 1.54) is 0 Å². The fraction of sp³-hybridized carbons (Fsp3) is 0.412. The van der Waals surface area contributed by atoms with E-state index in [2.05, 4.69) is 10.4 Å². The molecule has 1 aromatic carbocycles. The van der Waals surface area contributed by atoms with Crippen LogP contribution in [0.5, 0.6) is 0 Å². The minimum atomic E-state index is -0.415. The molecule has 1 aromatic heterocycles. The van der Waals surface area contributed by atoms with Crippen LogP contribution < -0.4 is 5.32 Å². The molecule has 2 atom stereocenters. The fourth-order valence-electron chi connectivity index (χ4n) is 2.51. The third-order valence-electron chi connectivity index (χ3n) is 3.89. The molecule has 0 bridgehead atoms. The van der Waals surface area contributed by atoms with E-state index >= 15 is 0 Å². The van der Waals surface area contributed by atoms with Crippen LogP contribution in [0.25, 0.3) is 0 Å². The monoisotopic (exact) mass is 301 g/mol. The molecule has 2 N–H and O–H groups in total. The topological polar surface area (TPSA) is 67.2 Å². The van der Waals surface area contributed by atoms with Gasteiger partial charge in [0, 0.05) is 25.2 Å². The molecule has 2 unspecified atom stereocenters. The van der Waals surface area contributed by atoms with Gasteiger partial charge in [-0.2, -0.15) is 5.10 Å². The number of nitrogens with one attached hydrogen (secondary N) is 1. The Balaban J connectivity index is 2.05. The third-order valence-corrected chi connectivity index (χ3v) is 3.89. The predicted molar refractivity (Wildman–Crippen MR) is 85.8 cm³/mol. The Morgan fingerprint density at radius 1 is 1.36 bits per heavy atom. The lowest BCUT2D eigenvalue weighted by Crippen LogP contribution is -2.30. The maximum absolute atomic E-state index is 12.3. The second-order valence-corrected chi connectivity index (χ2v) is 5.67. The quantitative estimate of drug-likeness (QED) is 0.857. The van der Waals surface area contributed by atoms with Gasteiger partial charge in [0.1, 0.15) is 0 Å². The lowest BCUT2D eigenvalue weighted by molar-refractivity contribution is 0.0945. The van der Waals surface area contributed by atoms with E-state index in [-0.39, 0.29) is 11.8 Å². The Morgan fingerprint density at radius 3 is 2.59 bits per heavy atom. The molecule has 0 aliphatic heterocycles. The summed E-state index contributed by atoms with van der Waals surface area (Å²) in [5, 5.41) is 16.7. The van der Waals surface area contributed by atoms with E-state index in [0.717, 1.165) is 11.3 Å². The Morgan fingerprint density at radius 2 is 2.05 bits per heavy atom. The van der Waals surface area contributed by atoms with Gasteiger partial charge in [0.15, 0.2) is 0 Å². The van der Waals surface area contributed by atoms with Crippen molar-refractivity contribution in [3.8, 4) is 0 Å². The van der Waals surface area contributed by atoms with E-state index in [1.54, 1.807) is 17.8 Å². The molecule has 0 spiro atoms. The van der Waals surface area contributed by atoms with Crippen LogP contribution in [0.3, 0.4) is 0 Å². The summed E-state index contributed by atoms with van der Waals surface area (Å²) in [6.45, 7) is 4.12. The van der Waals surface area contributed by atoms with Gasteiger partial charge >= 0.3 is 0 Å². The van der Waals surface area contributed by atoms with Crippen LogP contribution in [-0.4, -0.2) is 33.4 Å². The number of rotatable bonds is 6. The molecule has 2 rings (SSSR count). The van der Waals surface area contributed by atoms with Crippen LogP contribution in [-0.2, 0) is 7.05 Å². The normalized spacial score (nSPS) is 13.6. The number of aliphatic hydroxyl groups is 1. The predicted octanol–water partition coefficient (Wildman–Crippen LogP) is 2.01. The molecule has 0 fully saturated rings. The van der Waals surface area contributed by atoms with Crippen LogP contribution in [0.1, 0.15) is 40.9 Å². The molecule has 0 aliphatic rings. The average Bonchev–Trinajstić information content (AvgIpc) is 2.83. The number of benzene rings is 1. The Hall–Kier alpha value is -2.14. The first-order valence-electron chi connectivity index (χ1n) is 7.49. The van der Waals surface area contributed by atoms with Gasteiger partial charge in [-0.05, 0) is 25.8 Å². The minimum Gasteiger partial charge on any atom is -0.393 e. The van der Waals surface area contributed by atoms with Gasteiger partial charge in [-0.25, -0.2) is 0 Å². The molecule has 1 heterocycles. The van der Waals surface area contributed by atoms with Crippen molar-refractivity contribution in [1.29, 1.82) is 0 Å². The van der Waals surface area contributed by atoms with Gasteiger partial charge in [-0.1, -0.05) is 30.3 Å². The number of carbonyl (C=O) groups excluding carboxylic acids is 1. The number of aryl methyl sites for hydroxylation is 1. The number of nitrogens with zero attached hydrogens (tertiary/aromatic N) is 2. The van der Waals surface area contributed by atoms with E-state index in [4.69, 9.17) is 0 Å². The first-order chi connectivity index (χ1) is 10.5. The van der Waals surface area contributed by atoms with Gasteiger partial charge in [0.05, 0.1) is 17.9 Å². The summed E-state index contributed by atoms with van der Waals surface area (Å²) < 4.78 is 1.68. The largest absolute Gasteiger partial charge is 0.393 e. The van der Waals surface area contributed by atoms with Crippen molar-refractivity contribution in [3.63, 3.8) is 0 Å². The van der Waals surface area contributed by atoms with Gasteiger partial charge < -0.3 is 10.4 Å². The molecule has 2 aromatic rings. The number of aliphatic hydroxyl groups excluding tert-OH is 1. The summed E-state index contributed by atoms with van der Waals surface area (Å²) in [5.41, 5.74) is 2.54. The van der Waals surface area contributed by atoms with Crippen molar-refractivity contribution in [1.82, 2.24) is 15.1 Å². The molecule has 22 heavy (non-hydrogen) atoms. The highest BCUT2D eigenvalue weighted by atomic mass is 16.3. The molecule has 0 saturated carbocycles. The molecule has 0 aliphatic carbocycles. The van der Waals surface area contributed by atoms with Crippen molar-refractivity contribution in [2.45, 2.75) is 32.3 Å². The highest BCUT2D eigenvalue weighted by molar-refractivity contribution is 5.95. The zero-order valence-corrected chi connectivity index (χ0v) is 13.3. The summed E-state index contributed by atoms with van der Waals surface area (Å²) in [6, 6.07) is 9.94. The Bertz CT molecular complexity index is 620. The highest BCUT2D eigenvalue weighted by Gasteiger charge is 2.17. The summed E-state index contributed by atoms with van der Waals surface area (Å²) in [6.07, 6.45) is 1.77. The van der Waals surface area contributed by atoms with E-state index < -0.39 is 6.10 Å². The maximum Gasteiger partial charge on any atom is 0.254 e. The summed E-state index contributed by atoms with van der Waals surface area (Å²) in [5.74, 6) is -0.0424. The molecule has 0 saturated heterocycles. The zero-order valence-electron chi connectivity index (χ0n) is 13.3. The zero-order chi connectivity index (χ0) is 16.1. The third kappa shape index (κ3) is 3.95. The van der Waals surface area contributed by atoms with E-state index in [0.29, 0.717) is 18.5 Å².